The van der Waals surface area contributed by atoms with Crippen molar-refractivity contribution in [1.29, 1.82) is 0 Å². The zero-order chi connectivity index (χ0) is 14.8. The molecular weight excluding hydrogens is 268 g/mol. The molecule has 1 N–H and O–H groups in total. The summed E-state index contributed by atoms with van der Waals surface area (Å²) in [5.74, 6) is -0.591. The number of likely N-dealkylation sites (tertiary alicyclic amines) is 1. The minimum absolute atomic E-state index is 0.0789. The average molecular weight is 288 g/mol. The van der Waals surface area contributed by atoms with Crippen molar-refractivity contribution in [2.24, 2.45) is 5.92 Å². The number of carboxylic acid groups (broad SMARTS) is 1. The first kappa shape index (κ1) is 14.0. The zero-order valence-electron chi connectivity index (χ0n) is 11.9. The predicted octanol–water partition coefficient (Wildman–Crippen LogP) is 1.87. The fourth-order valence-electron chi connectivity index (χ4n) is 3.81. The van der Waals surface area contributed by atoms with Crippen molar-refractivity contribution in [3.05, 3.63) is 30.1 Å². The van der Waals surface area contributed by atoms with Gasteiger partial charge < -0.3 is 10.0 Å². The fraction of sp³-hybridized carbons (Fsp3) is 0.562. The molecule has 5 nitrogen and oxygen atoms in total. The molecule has 21 heavy (non-hydrogen) atoms. The Bertz CT molecular complexity index is 532. The quantitative estimate of drug-likeness (QED) is 0.921. The molecule has 1 amide bonds. The van der Waals surface area contributed by atoms with Crippen LogP contribution in [0.4, 0.5) is 0 Å². The average Bonchev–Trinajstić information content (AvgIpc) is 2.88. The number of hydrogen-bond acceptors (Lipinski definition) is 3. The Morgan fingerprint density at radius 1 is 1.33 bits per heavy atom. The Kier molecular flexibility index (Phi) is 3.90. The van der Waals surface area contributed by atoms with Crippen molar-refractivity contribution in [3.63, 3.8) is 0 Å². The number of carboxylic acids is 1. The van der Waals surface area contributed by atoms with Crippen molar-refractivity contribution in [1.82, 2.24) is 9.88 Å². The van der Waals surface area contributed by atoms with Gasteiger partial charge in [-0.25, -0.2) is 4.79 Å². The summed E-state index contributed by atoms with van der Waals surface area (Å²) in [5, 5.41) is 9.44. The number of aliphatic carboxylic acids is 1. The van der Waals surface area contributed by atoms with Crippen LogP contribution >= 0.6 is 0 Å². The van der Waals surface area contributed by atoms with Gasteiger partial charge in [-0.15, -0.1) is 0 Å². The van der Waals surface area contributed by atoms with Crippen molar-refractivity contribution in [2.45, 2.75) is 50.6 Å². The molecule has 2 fully saturated rings. The van der Waals surface area contributed by atoms with Crippen molar-refractivity contribution >= 4 is 11.9 Å². The van der Waals surface area contributed by atoms with E-state index < -0.39 is 12.0 Å². The summed E-state index contributed by atoms with van der Waals surface area (Å²) in [6.45, 7) is 0. The lowest BCUT2D eigenvalue weighted by atomic mass is 9.84. The SMILES string of the molecule is O=C(O)[C@@H]1C[C@@H]2CCCC[C@@H]2N1C(=O)Cc1cccnc1. The summed E-state index contributed by atoms with van der Waals surface area (Å²) in [7, 11) is 0. The van der Waals surface area contributed by atoms with Crippen molar-refractivity contribution < 1.29 is 14.7 Å². The summed E-state index contributed by atoms with van der Waals surface area (Å²) in [4.78, 5) is 29.8. The first-order chi connectivity index (χ1) is 10.2. The number of hydrogen-bond donors (Lipinski definition) is 1. The van der Waals surface area contributed by atoms with Crippen molar-refractivity contribution in [3.8, 4) is 0 Å². The number of pyridine rings is 1. The maximum Gasteiger partial charge on any atom is 0.326 e. The highest BCUT2D eigenvalue weighted by molar-refractivity contribution is 5.86. The van der Waals surface area contributed by atoms with E-state index in [-0.39, 0.29) is 18.4 Å². The normalized spacial score (nSPS) is 28.2. The van der Waals surface area contributed by atoms with Crippen LogP contribution in [0.5, 0.6) is 0 Å². The number of nitrogens with zero attached hydrogens (tertiary/aromatic N) is 2. The maximum absolute atomic E-state index is 12.6. The van der Waals surface area contributed by atoms with Crippen LogP contribution in [0.2, 0.25) is 0 Å². The smallest absolute Gasteiger partial charge is 0.326 e. The van der Waals surface area contributed by atoms with Crippen LogP contribution in [0, 0.1) is 5.92 Å². The zero-order valence-corrected chi connectivity index (χ0v) is 11.9. The molecule has 1 aromatic rings. The third-order valence-electron chi connectivity index (χ3n) is 4.74. The van der Waals surface area contributed by atoms with E-state index in [4.69, 9.17) is 0 Å². The Balaban J connectivity index is 1.79. The molecule has 0 spiro atoms. The molecule has 2 heterocycles. The molecule has 1 aliphatic heterocycles. The third-order valence-corrected chi connectivity index (χ3v) is 4.74. The monoisotopic (exact) mass is 288 g/mol. The second-order valence-electron chi connectivity index (χ2n) is 6.04. The fourth-order valence-corrected chi connectivity index (χ4v) is 3.81. The van der Waals surface area contributed by atoms with Crippen LogP contribution in [0.3, 0.4) is 0 Å². The van der Waals surface area contributed by atoms with Gasteiger partial charge in [0.15, 0.2) is 0 Å². The predicted molar refractivity (Wildman–Crippen MR) is 76.6 cm³/mol. The summed E-state index contributed by atoms with van der Waals surface area (Å²) in [5.41, 5.74) is 0.839. The topological polar surface area (TPSA) is 70.5 Å². The van der Waals surface area contributed by atoms with Crippen molar-refractivity contribution in [2.75, 3.05) is 0 Å². The molecule has 5 heteroatoms. The Labute approximate surface area is 124 Å². The minimum atomic E-state index is -0.871. The van der Waals surface area contributed by atoms with Gasteiger partial charge >= 0.3 is 5.97 Å². The van der Waals surface area contributed by atoms with E-state index in [1.54, 1.807) is 23.4 Å². The van der Waals surface area contributed by atoms with Gasteiger partial charge in [0.05, 0.1) is 6.42 Å². The summed E-state index contributed by atoms with van der Waals surface area (Å²) in [6, 6.07) is 3.12. The minimum Gasteiger partial charge on any atom is -0.480 e. The number of carbonyl (C=O) groups is 2. The van der Waals surface area contributed by atoms with E-state index in [2.05, 4.69) is 4.98 Å². The van der Waals surface area contributed by atoms with Crippen LogP contribution < -0.4 is 0 Å². The third kappa shape index (κ3) is 2.77. The highest BCUT2D eigenvalue weighted by Gasteiger charge is 2.47. The molecule has 0 unspecified atom stereocenters. The van der Waals surface area contributed by atoms with Gasteiger partial charge in [-0.1, -0.05) is 18.9 Å². The number of rotatable bonds is 3. The van der Waals surface area contributed by atoms with Gasteiger partial charge in [-0.05, 0) is 36.8 Å². The molecule has 1 aromatic heterocycles. The lowest BCUT2D eigenvalue weighted by Crippen LogP contribution is -2.46. The molecule has 3 rings (SSSR count). The summed E-state index contributed by atoms with van der Waals surface area (Å²) < 4.78 is 0. The highest BCUT2D eigenvalue weighted by Crippen LogP contribution is 2.40. The van der Waals surface area contributed by atoms with E-state index >= 15 is 0 Å². The second kappa shape index (κ2) is 5.84. The molecule has 1 aliphatic carbocycles. The molecule has 1 saturated carbocycles. The van der Waals surface area contributed by atoms with E-state index in [0.717, 1.165) is 31.2 Å². The van der Waals surface area contributed by atoms with Gasteiger partial charge in [-0.3, -0.25) is 9.78 Å². The van der Waals surface area contributed by atoms with E-state index in [1.165, 1.54) is 0 Å². The Morgan fingerprint density at radius 3 is 2.86 bits per heavy atom. The summed E-state index contributed by atoms with van der Waals surface area (Å²) in [6.07, 6.45) is 8.41. The molecular formula is C16H20N2O3. The standard InChI is InChI=1S/C16H20N2O3/c19-15(8-11-4-3-7-17-10-11)18-13-6-2-1-5-12(13)9-14(18)16(20)21/h3-4,7,10,12-14H,1-2,5-6,8-9H2,(H,20,21)/t12-,13-,14-/m0/s1. The molecule has 0 aromatic carbocycles. The Morgan fingerprint density at radius 2 is 2.14 bits per heavy atom. The van der Waals surface area contributed by atoms with E-state index in [1.807, 2.05) is 6.07 Å². The first-order valence-corrected chi connectivity index (χ1v) is 7.59. The van der Waals surface area contributed by atoms with Crippen LogP contribution in [-0.2, 0) is 16.0 Å². The maximum atomic E-state index is 12.6. The van der Waals surface area contributed by atoms with Gasteiger partial charge in [0.1, 0.15) is 6.04 Å². The largest absolute Gasteiger partial charge is 0.480 e. The van der Waals surface area contributed by atoms with E-state index in [0.29, 0.717) is 12.3 Å². The van der Waals surface area contributed by atoms with Gasteiger partial charge in [0.25, 0.3) is 0 Å². The van der Waals surface area contributed by atoms with Gasteiger partial charge in [-0.2, -0.15) is 0 Å². The van der Waals surface area contributed by atoms with E-state index in [9.17, 15) is 14.7 Å². The molecule has 2 aliphatic rings. The highest BCUT2D eigenvalue weighted by atomic mass is 16.4. The lowest BCUT2D eigenvalue weighted by Gasteiger charge is -2.33. The summed E-state index contributed by atoms with van der Waals surface area (Å²) >= 11 is 0. The Hall–Kier alpha value is -1.91. The molecule has 1 saturated heterocycles. The number of carbonyl (C=O) groups excluding carboxylic acids is 1. The number of fused-ring (bicyclic) bond motifs is 1. The number of amides is 1. The van der Waals surface area contributed by atoms with Crippen LogP contribution in [-0.4, -0.2) is 39.0 Å². The molecule has 112 valence electrons. The number of aromatic nitrogens is 1. The van der Waals surface area contributed by atoms with Crippen LogP contribution in [0.25, 0.3) is 0 Å². The first-order valence-electron chi connectivity index (χ1n) is 7.59. The molecule has 3 atom stereocenters. The van der Waals surface area contributed by atoms with Gasteiger partial charge in [0, 0.05) is 18.4 Å². The van der Waals surface area contributed by atoms with Crippen LogP contribution in [0.1, 0.15) is 37.7 Å². The lowest BCUT2D eigenvalue weighted by molar-refractivity contribution is -0.149. The second-order valence-corrected chi connectivity index (χ2v) is 6.04. The van der Waals surface area contributed by atoms with Crippen LogP contribution in [0.15, 0.2) is 24.5 Å². The molecule has 0 bridgehead atoms. The molecule has 0 radical (unpaired) electrons. The van der Waals surface area contributed by atoms with Gasteiger partial charge in [0.2, 0.25) is 5.91 Å².